The lowest BCUT2D eigenvalue weighted by atomic mass is 10.3. The van der Waals surface area contributed by atoms with Crippen LogP contribution < -0.4 is 0 Å². The van der Waals surface area contributed by atoms with Gasteiger partial charge in [-0.25, -0.2) is 0 Å². The minimum atomic E-state index is 0.598. The van der Waals surface area contributed by atoms with Crippen LogP contribution in [0.3, 0.4) is 0 Å². The van der Waals surface area contributed by atoms with Crippen LogP contribution in [0.15, 0.2) is 0 Å². The van der Waals surface area contributed by atoms with Crippen molar-refractivity contribution in [3.8, 4) is 0 Å². The Bertz CT molecular complexity index is 49.7. The number of rotatable bonds is 4. The van der Waals surface area contributed by atoms with Gasteiger partial charge in [0.15, 0.2) is 0 Å². The monoisotopic (exact) mass is 262 g/mol. The highest BCUT2D eigenvalue weighted by atomic mass is 79.9. The van der Waals surface area contributed by atoms with Gasteiger partial charge < -0.3 is 0 Å². The third-order valence-corrected chi connectivity index (χ3v) is 3.52. The van der Waals surface area contributed by atoms with Gasteiger partial charge in [-0.1, -0.05) is 31.9 Å². The van der Waals surface area contributed by atoms with Crippen molar-refractivity contribution < 1.29 is 0 Å². The van der Waals surface area contributed by atoms with E-state index in [1.807, 2.05) is 0 Å². The van der Waals surface area contributed by atoms with Gasteiger partial charge in [0.2, 0.25) is 0 Å². The average molecular weight is 264 g/mol. The summed E-state index contributed by atoms with van der Waals surface area (Å²) in [5.74, 6) is 0.773. The molecule has 0 spiro atoms. The van der Waals surface area contributed by atoms with Crippen molar-refractivity contribution in [2.24, 2.45) is 0 Å². The van der Waals surface area contributed by atoms with Crippen molar-refractivity contribution in [2.45, 2.75) is 17.7 Å². The molecule has 0 aliphatic rings. The van der Waals surface area contributed by atoms with Crippen molar-refractivity contribution in [1.29, 1.82) is 0 Å². The predicted octanol–water partition coefficient (Wildman–Crippen LogP) is 3.16. The van der Waals surface area contributed by atoms with E-state index in [9.17, 15) is 0 Å². The lowest BCUT2D eigenvalue weighted by molar-refractivity contribution is 0.810. The molecule has 0 aromatic carbocycles. The Morgan fingerprint density at radius 1 is 1.50 bits per heavy atom. The molecule has 0 aliphatic carbocycles. The van der Waals surface area contributed by atoms with Gasteiger partial charge in [0.05, 0.1) is 0 Å². The van der Waals surface area contributed by atoms with Gasteiger partial charge >= 0.3 is 0 Å². The number of hydrogen-bond acceptors (Lipinski definition) is 0. The summed E-state index contributed by atoms with van der Waals surface area (Å²) in [6, 6.07) is 0. The van der Waals surface area contributed by atoms with Gasteiger partial charge in [0.1, 0.15) is 0 Å². The average Bonchev–Trinajstić information content (AvgIpc) is 1.83. The first-order valence-corrected chi connectivity index (χ1v) is 5.14. The maximum Gasteiger partial charge on any atom is 0.0243 e. The molecule has 1 unspecified atom stereocenters. The molecule has 0 aromatic rings. The molecule has 0 nitrogen and oxygen atoms in total. The molecule has 50 valence electrons. The predicted molar refractivity (Wildman–Crippen MR) is 46.5 cm³/mol. The summed E-state index contributed by atoms with van der Waals surface area (Å²) in [7, 11) is 0. The fourth-order valence-electron chi connectivity index (χ4n) is 0.376. The molecule has 0 bridgehead atoms. The van der Waals surface area contributed by atoms with Gasteiger partial charge in [-0.2, -0.15) is 0 Å². The van der Waals surface area contributed by atoms with E-state index in [-0.39, 0.29) is 0 Å². The fourth-order valence-corrected chi connectivity index (χ4v) is 1.18. The normalized spacial score (nSPS) is 13.9. The van der Waals surface area contributed by atoms with Crippen LogP contribution in [-0.4, -0.2) is 16.0 Å². The molecule has 0 radical (unpaired) electrons. The molecule has 0 aliphatic heterocycles. The van der Waals surface area contributed by atoms with E-state index in [0.29, 0.717) is 4.83 Å². The maximum absolute atomic E-state index is 5.47. The summed E-state index contributed by atoms with van der Waals surface area (Å²) in [4.78, 5) is 0.598. The van der Waals surface area contributed by atoms with Crippen LogP contribution in [0.5, 0.6) is 0 Å². The van der Waals surface area contributed by atoms with Crippen LogP contribution in [0, 0.1) is 0 Å². The topological polar surface area (TPSA) is 0 Å². The van der Waals surface area contributed by atoms with E-state index in [0.717, 1.165) is 24.1 Å². The third kappa shape index (κ3) is 5.39. The van der Waals surface area contributed by atoms with E-state index in [1.165, 1.54) is 0 Å². The van der Waals surface area contributed by atoms with E-state index >= 15 is 0 Å². The van der Waals surface area contributed by atoms with Crippen molar-refractivity contribution in [1.82, 2.24) is 0 Å². The summed E-state index contributed by atoms with van der Waals surface area (Å²) >= 11 is 12.3. The van der Waals surface area contributed by atoms with Gasteiger partial charge in [-0.05, 0) is 12.8 Å². The summed E-state index contributed by atoms with van der Waals surface area (Å²) in [5, 5.41) is 1.02. The van der Waals surface area contributed by atoms with Crippen LogP contribution in [0.25, 0.3) is 0 Å². The van der Waals surface area contributed by atoms with Gasteiger partial charge in [-0.15, -0.1) is 11.6 Å². The SMILES string of the molecule is ClCCCC(Br)CBr. The summed E-state index contributed by atoms with van der Waals surface area (Å²) < 4.78 is 0. The molecule has 8 heavy (non-hydrogen) atoms. The van der Waals surface area contributed by atoms with Crippen LogP contribution in [0.1, 0.15) is 12.8 Å². The van der Waals surface area contributed by atoms with E-state index in [2.05, 4.69) is 31.9 Å². The smallest absolute Gasteiger partial charge is 0.0243 e. The quantitative estimate of drug-likeness (QED) is 0.684. The van der Waals surface area contributed by atoms with Crippen molar-refractivity contribution >= 4 is 43.5 Å². The Morgan fingerprint density at radius 2 is 2.12 bits per heavy atom. The molecular weight excluding hydrogens is 255 g/mol. The third-order valence-electron chi connectivity index (χ3n) is 0.818. The van der Waals surface area contributed by atoms with Gasteiger partial charge in [-0.3, -0.25) is 0 Å². The highest BCUT2D eigenvalue weighted by Crippen LogP contribution is 2.10. The summed E-state index contributed by atoms with van der Waals surface area (Å²) in [6.45, 7) is 0. The number of halogens is 3. The first kappa shape index (κ1) is 9.25. The molecule has 0 aromatic heterocycles. The minimum absolute atomic E-state index is 0.598. The second-order valence-electron chi connectivity index (χ2n) is 1.58. The van der Waals surface area contributed by atoms with E-state index < -0.39 is 0 Å². The van der Waals surface area contributed by atoms with Crippen molar-refractivity contribution in [2.75, 3.05) is 11.2 Å². The Labute approximate surface area is 72.2 Å². The van der Waals surface area contributed by atoms with Gasteiger partial charge in [0.25, 0.3) is 0 Å². The number of hydrogen-bond donors (Lipinski definition) is 0. The molecule has 1 atom stereocenters. The lowest BCUT2D eigenvalue weighted by Gasteiger charge is -2.00. The molecule has 0 amide bonds. The molecule has 0 fully saturated rings. The zero-order valence-corrected chi connectivity index (χ0v) is 8.47. The van der Waals surface area contributed by atoms with Crippen LogP contribution in [0.4, 0.5) is 0 Å². The maximum atomic E-state index is 5.47. The molecule has 0 saturated heterocycles. The number of alkyl halides is 3. The zero-order valence-electron chi connectivity index (χ0n) is 4.54. The Hall–Kier alpha value is 1.25. The highest BCUT2D eigenvalue weighted by Gasteiger charge is 1.98. The summed E-state index contributed by atoms with van der Waals surface area (Å²) in [6.07, 6.45) is 2.26. The fraction of sp³-hybridized carbons (Fsp3) is 1.00. The molecular formula is C5H9Br2Cl. The van der Waals surface area contributed by atoms with E-state index in [4.69, 9.17) is 11.6 Å². The summed E-state index contributed by atoms with van der Waals surface area (Å²) in [5.41, 5.74) is 0. The zero-order chi connectivity index (χ0) is 6.41. The Morgan fingerprint density at radius 3 is 2.50 bits per heavy atom. The molecule has 0 N–H and O–H groups in total. The van der Waals surface area contributed by atoms with Crippen molar-refractivity contribution in [3.63, 3.8) is 0 Å². The second-order valence-corrected chi connectivity index (χ2v) is 3.90. The van der Waals surface area contributed by atoms with E-state index in [1.54, 1.807) is 0 Å². The van der Waals surface area contributed by atoms with Crippen LogP contribution in [0.2, 0.25) is 0 Å². The highest BCUT2D eigenvalue weighted by molar-refractivity contribution is 9.12. The lowest BCUT2D eigenvalue weighted by Crippen LogP contribution is -1.97. The van der Waals surface area contributed by atoms with Gasteiger partial charge in [0, 0.05) is 16.0 Å². The molecule has 3 heteroatoms. The van der Waals surface area contributed by atoms with Crippen molar-refractivity contribution in [3.05, 3.63) is 0 Å². The first-order valence-electron chi connectivity index (χ1n) is 2.57. The Balaban J connectivity index is 2.86. The van der Waals surface area contributed by atoms with Crippen LogP contribution >= 0.6 is 43.5 Å². The molecule has 0 rings (SSSR count). The minimum Gasteiger partial charge on any atom is -0.127 e. The Kier molecular flexibility index (Phi) is 7.37. The van der Waals surface area contributed by atoms with Crippen LogP contribution in [-0.2, 0) is 0 Å². The largest absolute Gasteiger partial charge is 0.127 e. The molecule has 0 saturated carbocycles. The second kappa shape index (κ2) is 6.37. The standard InChI is InChI=1S/C5H9Br2Cl/c6-4-5(7)2-1-3-8/h5H,1-4H2. The first-order chi connectivity index (χ1) is 3.81. The molecule has 0 heterocycles.